The summed E-state index contributed by atoms with van der Waals surface area (Å²) in [6.07, 6.45) is 1.55. The molecule has 0 radical (unpaired) electrons. The number of nitrogens with zero attached hydrogens (tertiary/aromatic N) is 2. The monoisotopic (exact) mass is 358 g/mol. The smallest absolute Gasteiger partial charge is 0.314 e. The highest BCUT2D eigenvalue weighted by molar-refractivity contribution is 5.98. The summed E-state index contributed by atoms with van der Waals surface area (Å²) >= 11 is 0. The Bertz CT molecular complexity index is 792. The SMILES string of the molecule is CCCN1C[C@]2(C(=O)O)CN(C(=O)c3ccc4c(c3)CCO4)C[C@@H]2C1=O. The second-order valence-corrected chi connectivity index (χ2v) is 7.38. The summed E-state index contributed by atoms with van der Waals surface area (Å²) in [5, 5.41) is 9.84. The molecule has 0 unspecified atom stereocenters. The summed E-state index contributed by atoms with van der Waals surface area (Å²) in [5.74, 6) is -1.22. The molecule has 0 bridgehead atoms. The zero-order valence-electron chi connectivity index (χ0n) is 14.7. The Balaban J connectivity index is 1.58. The van der Waals surface area contributed by atoms with Gasteiger partial charge >= 0.3 is 5.97 Å². The topological polar surface area (TPSA) is 87.2 Å². The van der Waals surface area contributed by atoms with Gasteiger partial charge in [-0.05, 0) is 30.2 Å². The predicted octanol–water partition coefficient (Wildman–Crippen LogP) is 1.02. The van der Waals surface area contributed by atoms with Crippen LogP contribution in [0.2, 0.25) is 0 Å². The van der Waals surface area contributed by atoms with Gasteiger partial charge in [-0.2, -0.15) is 0 Å². The van der Waals surface area contributed by atoms with Crippen LogP contribution in [-0.4, -0.2) is 65.5 Å². The molecule has 2 atom stereocenters. The van der Waals surface area contributed by atoms with Gasteiger partial charge in [0.05, 0.1) is 12.5 Å². The van der Waals surface area contributed by atoms with Gasteiger partial charge in [-0.1, -0.05) is 6.92 Å². The molecule has 1 aromatic carbocycles. The number of fused-ring (bicyclic) bond motifs is 2. The summed E-state index contributed by atoms with van der Waals surface area (Å²) < 4.78 is 5.46. The molecule has 3 aliphatic rings. The zero-order chi connectivity index (χ0) is 18.5. The summed E-state index contributed by atoms with van der Waals surface area (Å²) in [4.78, 5) is 40.8. The molecule has 0 saturated carbocycles. The van der Waals surface area contributed by atoms with Crippen LogP contribution in [0.25, 0.3) is 0 Å². The molecule has 7 heteroatoms. The second-order valence-electron chi connectivity index (χ2n) is 7.38. The molecule has 1 aromatic rings. The first-order valence-corrected chi connectivity index (χ1v) is 9.03. The third-order valence-electron chi connectivity index (χ3n) is 5.77. The maximum atomic E-state index is 12.9. The first-order chi connectivity index (χ1) is 12.5. The van der Waals surface area contributed by atoms with Gasteiger partial charge in [0.15, 0.2) is 0 Å². The van der Waals surface area contributed by atoms with Crippen molar-refractivity contribution in [2.24, 2.45) is 11.3 Å². The fourth-order valence-corrected chi connectivity index (χ4v) is 4.42. The second kappa shape index (κ2) is 6.00. The molecule has 26 heavy (non-hydrogen) atoms. The fourth-order valence-electron chi connectivity index (χ4n) is 4.42. The lowest BCUT2D eigenvalue weighted by atomic mass is 9.81. The minimum Gasteiger partial charge on any atom is -0.493 e. The maximum Gasteiger partial charge on any atom is 0.314 e. The van der Waals surface area contributed by atoms with Crippen LogP contribution in [0.3, 0.4) is 0 Å². The van der Waals surface area contributed by atoms with Crippen molar-refractivity contribution in [3.05, 3.63) is 29.3 Å². The minimum absolute atomic E-state index is 0.0748. The van der Waals surface area contributed by atoms with Gasteiger partial charge in [0.1, 0.15) is 11.2 Å². The van der Waals surface area contributed by atoms with Crippen LogP contribution in [0.15, 0.2) is 18.2 Å². The summed E-state index contributed by atoms with van der Waals surface area (Å²) in [7, 11) is 0. The summed E-state index contributed by atoms with van der Waals surface area (Å²) in [6.45, 7) is 3.55. The number of carbonyl (C=O) groups excluding carboxylic acids is 2. The molecule has 3 heterocycles. The predicted molar refractivity (Wildman–Crippen MR) is 92.0 cm³/mol. The van der Waals surface area contributed by atoms with Crippen molar-refractivity contribution >= 4 is 17.8 Å². The quantitative estimate of drug-likeness (QED) is 0.868. The highest BCUT2D eigenvalue weighted by atomic mass is 16.5. The largest absolute Gasteiger partial charge is 0.493 e. The van der Waals surface area contributed by atoms with E-state index in [0.29, 0.717) is 18.7 Å². The van der Waals surface area contributed by atoms with E-state index < -0.39 is 17.3 Å². The van der Waals surface area contributed by atoms with E-state index in [1.165, 1.54) is 4.90 Å². The highest BCUT2D eigenvalue weighted by Gasteiger charge is 2.62. The number of amides is 2. The lowest BCUT2D eigenvalue weighted by molar-refractivity contribution is -0.149. The number of benzene rings is 1. The molecule has 138 valence electrons. The number of carboxylic acid groups (broad SMARTS) is 1. The van der Waals surface area contributed by atoms with E-state index in [-0.39, 0.29) is 31.4 Å². The minimum atomic E-state index is -1.19. The Morgan fingerprint density at radius 3 is 2.85 bits per heavy atom. The third kappa shape index (κ3) is 2.37. The summed E-state index contributed by atoms with van der Waals surface area (Å²) in [6, 6.07) is 5.31. The van der Waals surface area contributed by atoms with Crippen LogP contribution in [0, 0.1) is 11.3 Å². The lowest BCUT2D eigenvalue weighted by Crippen LogP contribution is -2.42. The first kappa shape index (κ1) is 16.9. The molecule has 4 rings (SSSR count). The number of ether oxygens (including phenoxy) is 1. The van der Waals surface area contributed by atoms with Gasteiger partial charge < -0.3 is 19.6 Å². The Labute approximate surface area is 151 Å². The van der Waals surface area contributed by atoms with Crippen molar-refractivity contribution in [3.8, 4) is 5.75 Å². The number of hydrogen-bond donors (Lipinski definition) is 1. The Hall–Kier alpha value is -2.57. The van der Waals surface area contributed by atoms with Gasteiger partial charge in [-0.15, -0.1) is 0 Å². The molecule has 1 N–H and O–H groups in total. The van der Waals surface area contributed by atoms with Crippen molar-refractivity contribution in [3.63, 3.8) is 0 Å². The van der Waals surface area contributed by atoms with Gasteiger partial charge in [-0.25, -0.2) is 0 Å². The average Bonchev–Trinajstić information content (AvgIpc) is 3.29. The van der Waals surface area contributed by atoms with Crippen molar-refractivity contribution in [2.75, 3.05) is 32.8 Å². The molecular formula is C19H22N2O5. The van der Waals surface area contributed by atoms with Crippen LogP contribution in [0.1, 0.15) is 29.3 Å². The molecule has 0 aromatic heterocycles. The number of aliphatic carboxylic acids is 1. The van der Waals surface area contributed by atoms with E-state index >= 15 is 0 Å². The zero-order valence-corrected chi connectivity index (χ0v) is 14.7. The molecule has 2 fully saturated rings. The number of carboxylic acids is 1. The average molecular weight is 358 g/mol. The van der Waals surface area contributed by atoms with Crippen molar-refractivity contribution in [2.45, 2.75) is 19.8 Å². The van der Waals surface area contributed by atoms with Crippen LogP contribution in [0.5, 0.6) is 5.75 Å². The normalized spacial score (nSPS) is 26.7. The van der Waals surface area contributed by atoms with Gasteiger partial charge in [0, 0.05) is 38.2 Å². The Morgan fingerprint density at radius 2 is 2.15 bits per heavy atom. The van der Waals surface area contributed by atoms with Crippen molar-refractivity contribution in [1.82, 2.24) is 9.80 Å². The first-order valence-electron chi connectivity index (χ1n) is 9.03. The van der Waals surface area contributed by atoms with Crippen molar-refractivity contribution < 1.29 is 24.2 Å². The molecule has 0 aliphatic carbocycles. The van der Waals surface area contributed by atoms with Gasteiger partial charge in [-0.3, -0.25) is 14.4 Å². The number of rotatable bonds is 4. The van der Waals surface area contributed by atoms with Crippen LogP contribution < -0.4 is 4.74 Å². The van der Waals surface area contributed by atoms with E-state index in [4.69, 9.17) is 4.74 Å². The van der Waals surface area contributed by atoms with E-state index in [1.807, 2.05) is 13.0 Å². The van der Waals surface area contributed by atoms with E-state index in [0.717, 1.165) is 24.2 Å². The molecular weight excluding hydrogens is 336 g/mol. The Morgan fingerprint density at radius 1 is 1.35 bits per heavy atom. The third-order valence-corrected chi connectivity index (χ3v) is 5.77. The van der Waals surface area contributed by atoms with Crippen LogP contribution in [0.4, 0.5) is 0 Å². The standard InChI is InChI=1S/C19H22N2O5/c1-2-6-20-10-19(18(24)25)11-21(9-14(19)17(20)23)16(22)13-3-4-15-12(8-13)5-7-26-15/h3-4,8,14H,2,5-7,9-11H2,1H3,(H,24,25)/t14-,19+/m1/s1. The number of hydrogen-bond acceptors (Lipinski definition) is 4. The summed E-state index contributed by atoms with van der Waals surface area (Å²) in [5.41, 5.74) is 0.322. The highest BCUT2D eigenvalue weighted by Crippen LogP contribution is 2.44. The van der Waals surface area contributed by atoms with Crippen molar-refractivity contribution in [1.29, 1.82) is 0 Å². The maximum absolute atomic E-state index is 12.9. The fraction of sp³-hybridized carbons (Fsp3) is 0.526. The van der Waals surface area contributed by atoms with Gasteiger partial charge in [0.25, 0.3) is 5.91 Å². The van der Waals surface area contributed by atoms with E-state index in [9.17, 15) is 19.5 Å². The van der Waals surface area contributed by atoms with Crippen LogP contribution >= 0.6 is 0 Å². The molecule has 0 spiro atoms. The Kier molecular flexibility index (Phi) is 3.89. The van der Waals surface area contributed by atoms with Gasteiger partial charge in [0.2, 0.25) is 5.91 Å². The van der Waals surface area contributed by atoms with E-state index in [1.54, 1.807) is 17.0 Å². The molecule has 3 aliphatic heterocycles. The molecule has 2 saturated heterocycles. The van der Waals surface area contributed by atoms with E-state index in [2.05, 4.69) is 0 Å². The number of likely N-dealkylation sites (tertiary alicyclic amines) is 2. The lowest BCUT2D eigenvalue weighted by Gasteiger charge is -2.25. The molecule has 7 nitrogen and oxygen atoms in total. The number of carbonyl (C=O) groups is 3. The van der Waals surface area contributed by atoms with Crippen LogP contribution in [-0.2, 0) is 16.0 Å². The molecule has 2 amide bonds.